The average molecular weight is 242 g/mol. The summed E-state index contributed by atoms with van der Waals surface area (Å²) in [6.07, 6.45) is 2.24. The maximum atomic E-state index is 11.6. The molecule has 1 fully saturated rings. The lowest BCUT2D eigenvalue weighted by Crippen LogP contribution is -2.52. The number of carboxylic acid groups (broad SMARTS) is 1. The lowest BCUT2D eigenvalue weighted by atomic mass is 9.87. The number of carbonyl (C=O) groups excluding carboxylic acids is 1. The molecule has 1 rings (SSSR count). The summed E-state index contributed by atoms with van der Waals surface area (Å²) >= 11 is 0. The maximum Gasteiger partial charge on any atom is 0.326 e. The molecule has 17 heavy (non-hydrogen) atoms. The van der Waals surface area contributed by atoms with E-state index >= 15 is 0 Å². The van der Waals surface area contributed by atoms with E-state index in [0.717, 1.165) is 12.8 Å². The van der Waals surface area contributed by atoms with Gasteiger partial charge in [-0.2, -0.15) is 0 Å². The van der Waals surface area contributed by atoms with Gasteiger partial charge in [-0.05, 0) is 23.7 Å². The number of amides is 2. The summed E-state index contributed by atoms with van der Waals surface area (Å²) in [6.45, 7) is 8.07. The highest BCUT2D eigenvalue weighted by atomic mass is 16.4. The van der Waals surface area contributed by atoms with Crippen molar-refractivity contribution in [2.24, 2.45) is 10.8 Å². The summed E-state index contributed by atoms with van der Waals surface area (Å²) in [5, 5.41) is 14.3. The number of carboxylic acids is 1. The molecule has 0 aliphatic heterocycles. The number of carbonyl (C=O) groups is 2. The Kier molecular flexibility index (Phi) is 3.69. The van der Waals surface area contributed by atoms with Gasteiger partial charge < -0.3 is 15.7 Å². The zero-order valence-corrected chi connectivity index (χ0v) is 11.0. The van der Waals surface area contributed by atoms with Gasteiger partial charge in [-0.25, -0.2) is 9.59 Å². The predicted octanol–water partition coefficient (Wildman–Crippen LogP) is 1.58. The van der Waals surface area contributed by atoms with E-state index in [9.17, 15) is 9.59 Å². The van der Waals surface area contributed by atoms with Crippen molar-refractivity contribution in [1.29, 1.82) is 0 Å². The van der Waals surface area contributed by atoms with Crippen molar-refractivity contribution < 1.29 is 14.7 Å². The largest absolute Gasteiger partial charge is 0.480 e. The van der Waals surface area contributed by atoms with E-state index in [2.05, 4.69) is 17.6 Å². The van der Waals surface area contributed by atoms with Crippen LogP contribution < -0.4 is 10.6 Å². The first-order valence-electron chi connectivity index (χ1n) is 5.91. The van der Waals surface area contributed by atoms with Crippen LogP contribution in [0.15, 0.2) is 0 Å². The molecule has 0 radical (unpaired) electrons. The summed E-state index contributed by atoms with van der Waals surface area (Å²) in [4.78, 5) is 22.6. The quantitative estimate of drug-likeness (QED) is 0.700. The van der Waals surface area contributed by atoms with Crippen LogP contribution in [0, 0.1) is 10.8 Å². The van der Waals surface area contributed by atoms with Gasteiger partial charge in [-0.1, -0.05) is 27.7 Å². The third-order valence-electron chi connectivity index (χ3n) is 3.17. The lowest BCUT2D eigenvalue weighted by Gasteiger charge is -2.28. The smallest absolute Gasteiger partial charge is 0.326 e. The van der Waals surface area contributed by atoms with Gasteiger partial charge in [-0.15, -0.1) is 0 Å². The number of nitrogens with one attached hydrogen (secondary N) is 2. The first kappa shape index (κ1) is 13.8. The maximum absolute atomic E-state index is 11.6. The second-order valence-corrected chi connectivity index (χ2v) is 6.27. The van der Waals surface area contributed by atoms with Crippen LogP contribution in [-0.4, -0.2) is 29.7 Å². The minimum atomic E-state index is -1.01. The molecule has 0 spiro atoms. The van der Waals surface area contributed by atoms with Crippen LogP contribution in [0.5, 0.6) is 0 Å². The molecule has 3 N–H and O–H groups in total. The number of hydrogen-bond donors (Lipinski definition) is 3. The topological polar surface area (TPSA) is 78.4 Å². The second-order valence-electron chi connectivity index (χ2n) is 6.27. The summed E-state index contributed by atoms with van der Waals surface area (Å²) < 4.78 is 0. The number of hydrogen-bond acceptors (Lipinski definition) is 2. The number of rotatable bonds is 4. The van der Waals surface area contributed by atoms with Crippen molar-refractivity contribution in [2.45, 2.75) is 46.6 Å². The molecule has 1 aliphatic carbocycles. The van der Waals surface area contributed by atoms with Crippen LogP contribution in [0.25, 0.3) is 0 Å². The number of aliphatic carboxylic acids is 1. The van der Waals surface area contributed by atoms with Gasteiger partial charge >= 0.3 is 12.0 Å². The Bertz CT molecular complexity index is 316. The van der Waals surface area contributed by atoms with E-state index in [1.54, 1.807) is 20.8 Å². The molecule has 0 heterocycles. The van der Waals surface area contributed by atoms with Crippen molar-refractivity contribution in [3.63, 3.8) is 0 Å². The predicted molar refractivity (Wildman–Crippen MR) is 64.8 cm³/mol. The monoisotopic (exact) mass is 242 g/mol. The van der Waals surface area contributed by atoms with Crippen molar-refractivity contribution >= 4 is 12.0 Å². The highest BCUT2D eigenvalue weighted by Crippen LogP contribution is 2.43. The van der Waals surface area contributed by atoms with Crippen molar-refractivity contribution in [3.05, 3.63) is 0 Å². The fraction of sp³-hybridized carbons (Fsp3) is 0.833. The Morgan fingerprint density at radius 3 is 2.24 bits per heavy atom. The van der Waals surface area contributed by atoms with Crippen LogP contribution in [0.1, 0.15) is 40.5 Å². The van der Waals surface area contributed by atoms with Gasteiger partial charge in [0.1, 0.15) is 6.04 Å². The molecule has 5 nitrogen and oxygen atoms in total. The highest BCUT2D eigenvalue weighted by molar-refractivity contribution is 5.83. The molecular weight excluding hydrogens is 220 g/mol. The summed E-state index contributed by atoms with van der Waals surface area (Å²) in [5.74, 6) is -1.01. The van der Waals surface area contributed by atoms with Gasteiger partial charge in [0.25, 0.3) is 0 Å². The van der Waals surface area contributed by atoms with Gasteiger partial charge in [0.2, 0.25) is 0 Å². The van der Waals surface area contributed by atoms with Crippen LogP contribution in [-0.2, 0) is 4.79 Å². The van der Waals surface area contributed by atoms with Crippen LogP contribution in [0.3, 0.4) is 0 Å². The zero-order valence-electron chi connectivity index (χ0n) is 11.0. The van der Waals surface area contributed by atoms with E-state index in [4.69, 9.17) is 5.11 Å². The van der Waals surface area contributed by atoms with Gasteiger partial charge in [-0.3, -0.25) is 0 Å². The second kappa shape index (κ2) is 4.55. The first-order chi connectivity index (χ1) is 7.64. The summed E-state index contributed by atoms with van der Waals surface area (Å²) in [6, 6.07) is -1.28. The zero-order chi connectivity index (χ0) is 13.3. The molecule has 0 unspecified atom stereocenters. The lowest BCUT2D eigenvalue weighted by molar-refractivity contribution is -0.141. The van der Waals surface area contributed by atoms with Crippen LogP contribution in [0.4, 0.5) is 4.79 Å². The van der Waals surface area contributed by atoms with Crippen molar-refractivity contribution in [3.8, 4) is 0 Å². The standard InChI is InChI=1S/C12H22N2O3/c1-11(2,3)8(9(15)16)14-10(17)13-7-12(4)5-6-12/h8H,5-7H2,1-4H3,(H,15,16)(H2,13,14,17)/t8-/m1/s1. The minimum absolute atomic E-state index is 0.220. The average Bonchev–Trinajstić information content (AvgIpc) is 2.88. The third kappa shape index (κ3) is 4.24. The van der Waals surface area contributed by atoms with Gasteiger partial charge in [0.15, 0.2) is 0 Å². The molecule has 5 heteroatoms. The molecular formula is C12H22N2O3. The van der Waals surface area contributed by atoms with E-state index in [1.165, 1.54) is 0 Å². The Morgan fingerprint density at radius 1 is 1.35 bits per heavy atom. The first-order valence-corrected chi connectivity index (χ1v) is 5.91. The highest BCUT2D eigenvalue weighted by Gasteiger charge is 2.38. The molecule has 2 amide bonds. The molecule has 0 aromatic heterocycles. The normalized spacial score (nSPS) is 19.3. The molecule has 0 aromatic rings. The third-order valence-corrected chi connectivity index (χ3v) is 3.17. The van der Waals surface area contributed by atoms with Gasteiger partial charge in [0.05, 0.1) is 0 Å². The Labute approximate surface area is 102 Å². The molecule has 1 atom stereocenters. The van der Waals surface area contributed by atoms with Crippen LogP contribution in [0.2, 0.25) is 0 Å². The van der Waals surface area contributed by atoms with E-state index in [0.29, 0.717) is 6.54 Å². The summed E-state index contributed by atoms with van der Waals surface area (Å²) in [5.41, 5.74) is -0.287. The van der Waals surface area contributed by atoms with Gasteiger partial charge in [0, 0.05) is 6.54 Å². The summed E-state index contributed by atoms with van der Waals surface area (Å²) in [7, 11) is 0. The molecule has 1 saturated carbocycles. The SMILES string of the molecule is CC1(CNC(=O)N[C@H](C(=O)O)C(C)(C)C)CC1. The van der Waals surface area contributed by atoms with Crippen LogP contribution >= 0.6 is 0 Å². The Balaban J connectivity index is 2.44. The molecule has 0 bridgehead atoms. The van der Waals surface area contributed by atoms with E-state index in [1.807, 2.05) is 0 Å². The van der Waals surface area contributed by atoms with Crippen molar-refractivity contribution in [2.75, 3.05) is 6.54 Å². The molecule has 0 saturated heterocycles. The molecule has 0 aromatic carbocycles. The van der Waals surface area contributed by atoms with Crippen molar-refractivity contribution in [1.82, 2.24) is 10.6 Å². The van der Waals surface area contributed by atoms with E-state index < -0.39 is 23.5 Å². The Morgan fingerprint density at radius 2 is 1.88 bits per heavy atom. The molecule has 1 aliphatic rings. The fourth-order valence-electron chi connectivity index (χ4n) is 1.51. The van der Waals surface area contributed by atoms with E-state index in [-0.39, 0.29) is 5.41 Å². The molecule has 98 valence electrons. The Hall–Kier alpha value is -1.26. The fourth-order valence-corrected chi connectivity index (χ4v) is 1.51. The minimum Gasteiger partial charge on any atom is -0.480 e. The number of urea groups is 1.